The Hall–Kier alpha value is -2.33. The van der Waals surface area contributed by atoms with E-state index in [2.05, 4.69) is 42.2 Å². The molecule has 0 radical (unpaired) electrons. The first-order valence-electron chi connectivity index (χ1n) is 8.20. The monoisotopic (exact) mass is 334 g/mol. The number of nitrogens with zero attached hydrogens (tertiary/aromatic N) is 2. The van der Waals surface area contributed by atoms with Gasteiger partial charge in [-0.15, -0.1) is 0 Å². The van der Waals surface area contributed by atoms with Gasteiger partial charge in [0.25, 0.3) is 0 Å². The number of aliphatic imine (C=N–C) groups is 1. The van der Waals surface area contributed by atoms with Gasteiger partial charge in [-0.05, 0) is 23.3 Å². The summed E-state index contributed by atoms with van der Waals surface area (Å²) in [4.78, 5) is 19.1. The van der Waals surface area contributed by atoms with E-state index >= 15 is 0 Å². The Balaban J connectivity index is 2.04. The molecule has 0 N–H and O–H groups in total. The molecule has 0 unspecified atom stereocenters. The number of thioether (sulfide) groups is 1. The van der Waals surface area contributed by atoms with E-state index in [0.29, 0.717) is 5.75 Å². The zero-order chi connectivity index (χ0) is 16.5. The van der Waals surface area contributed by atoms with Gasteiger partial charge < -0.3 is 0 Å². The van der Waals surface area contributed by atoms with Crippen LogP contribution in [0.1, 0.15) is 13.3 Å². The Morgan fingerprint density at radius 1 is 1.04 bits per heavy atom. The van der Waals surface area contributed by atoms with E-state index in [0.717, 1.165) is 45.4 Å². The van der Waals surface area contributed by atoms with Gasteiger partial charge in [-0.25, -0.2) is 0 Å². The molecule has 120 valence electrons. The Kier molecular flexibility index (Phi) is 3.98. The lowest BCUT2D eigenvalue weighted by Crippen LogP contribution is -2.29. The zero-order valence-corrected chi connectivity index (χ0v) is 14.3. The fraction of sp³-hybridized carbons (Fsp3) is 0.200. The Morgan fingerprint density at radius 2 is 1.67 bits per heavy atom. The highest BCUT2D eigenvalue weighted by atomic mass is 32.2. The fourth-order valence-electron chi connectivity index (χ4n) is 3.14. The smallest absolute Gasteiger partial charge is 0.243 e. The number of hydrogen-bond acceptors (Lipinski definition) is 3. The average molecular weight is 334 g/mol. The molecule has 24 heavy (non-hydrogen) atoms. The maximum absolute atomic E-state index is 12.7. The summed E-state index contributed by atoms with van der Waals surface area (Å²) in [5, 5.41) is 5.30. The number of carbonyl (C=O) groups excluding carboxylic acids is 1. The second kappa shape index (κ2) is 6.29. The van der Waals surface area contributed by atoms with Crippen LogP contribution in [0.4, 0.5) is 5.69 Å². The fourth-order valence-corrected chi connectivity index (χ4v) is 4.02. The molecule has 1 aliphatic rings. The molecule has 0 atom stereocenters. The van der Waals surface area contributed by atoms with Crippen LogP contribution in [0.2, 0.25) is 0 Å². The van der Waals surface area contributed by atoms with Gasteiger partial charge >= 0.3 is 0 Å². The van der Waals surface area contributed by atoms with Crippen molar-refractivity contribution in [2.75, 3.05) is 17.2 Å². The van der Waals surface area contributed by atoms with Gasteiger partial charge in [0.05, 0.1) is 11.4 Å². The van der Waals surface area contributed by atoms with E-state index in [1.165, 1.54) is 11.8 Å². The first kappa shape index (κ1) is 15.2. The molecule has 0 bridgehead atoms. The van der Waals surface area contributed by atoms with Crippen LogP contribution in [0.3, 0.4) is 0 Å². The maximum atomic E-state index is 12.7. The van der Waals surface area contributed by atoms with E-state index in [1.54, 1.807) is 0 Å². The lowest BCUT2D eigenvalue weighted by Gasteiger charge is -2.21. The minimum Gasteiger partial charge on any atom is -0.273 e. The summed E-state index contributed by atoms with van der Waals surface area (Å²) in [7, 11) is 0. The molecule has 0 aliphatic carbocycles. The van der Waals surface area contributed by atoms with Crippen molar-refractivity contribution in [1.82, 2.24) is 0 Å². The number of amides is 1. The van der Waals surface area contributed by atoms with Crippen LogP contribution in [-0.4, -0.2) is 23.4 Å². The Morgan fingerprint density at radius 3 is 2.29 bits per heavy atom. The molecular formula is C20H18N2OS. The number of rotatable bonds is 3. The van der Waals surface area contributed by atoms with Crippen molar-refractivity contribution < 1.29 is 4.79 Å². The standard InChI is InChI=1S/C20H18N2OS/c1-2-11-21-20-22(18(23)13-24-20)19-16-9-5-3-7-14(16)12-15-8-4-6-10-17(15)19/h3-10,12H,2,11,13H2,1H3. The molecule has 3 aromatic rings. The summed E-state index contributed by atoms with van der Waals surface area (Å²) in [6.45, 7) is 2.85. The highest BCUT2D eigenvalue weighted by Gasteiger charge is 2.31. The van der Waals surface area contributed by atoms with Crippen molar-refractivity contribution >= 4 is 50.1 Å². The van der Waals surface area contributed by atoms with Gasteiger partial charge in [-0.3, -0.25) is 14.7 Å². The van der Waals surface area contributed by atoms with Crippen LogP contribution >= 0.6 is 11.8 Å². The minimum absolute atomic E-state index is 0.108. The van der Waals surface area contributed by atoms with Crippen molar-refractivity contribution in [2.24, 2.45) is 4.99 Å². The Labute approximate surface area is 145 Å². The molecule has 4 heteroatoms. The minimum atomic E-state index is 0.108. The molecule has 0 aromatic heterocycles. The van der Waals surface area contributed by atoms with Gasteiger partial charge in [0.1, 0.15) is 0 Å². The molecule has 3 nitrogen and oxygen atoms in total. The van der Waals surface area contributed by atoms with Crippen LogP contribution in [0.5, 0.6) is 0 Å². The molecule has 1 aliphatic heterocycles. The second-order valence-electron chi connectivity index (χ2n) is 5.85. The van der Waals surface area contributed by atoms with Gasteiger partial charge in [-0.1, -0.05) is 67.2 Å². The number of benzene rings is 3. The maximum Gasteiger partial charge on any atom is 0.243 e. The predicted molar refractivity (Wildman–Crippen MR) is 104 cm³/mol. The topological polar surface area (TPSA) is 32.7 Å². The molecule has 0 spiro atoms. The lowest BCUT2D eigenvalue weighted by molar-refractivity contribution is -0.115. The number of anilines is 1. The number of amidine groups is 1. The summed E-state index contributed by atoms with van der Waals surface area (Å²) in [6, 6.07) is 18.7. The molecule has 1 amide bonds. The summed E-state index contributed by atoms with van der Waals surface area (Å²) >= 11 is 1.54. The van der Waals surface area contributed by atoms with Gasteiger partial charge in [0.15, 0.2) is 5.17 Å². The molecule has 1 fully saturated rings. The summed E-state index contributed by atoms with van der Waals surface area (Å²) in [6.07, 6.45) is 0.975. The predicted octanol–water partition coefficient (Wildman–Crippen LogP) is 4.84. The van der Waals surface area contributed by atoms with E-state index in [1.807, 2.05) is 29.2 Å². The quantitative estimate of drug-likeness (QED) is 0.642. The van der Waals surface area contributed by atoms with Gasteiger partial charge in [0, 0.05) is 17.3 Å². The van der Waals surface area contributed by atoms with Crippen LogP contribution < -0.4 is 4.90 Å². The largest absolute Gasteiger partial charge is 0.273 e. The SMILES string of the molecule is CCCN=C1SCC(=O)N1c1c2ccccc2cc2ccccc12. The zero-order valence-electron chi connectivity index (χ0n) is 13.5. The van der Waals surface area contributed by atoms with Crippen molar-refractivity contribution in [3.05, 3.63) is 54.6 Å². The molecule has 0 saturated carbocycles. The van der Waals surface area contributed by atoms with Crippen LogP contribution in [0, 0.1) is 0 Å². The normalized spacial score (nSPS) is 16.6. The lowest BCUT2D eigenvalue weighted by atomic mass is 10.00. The first-order chi connectivity index (χ1) is 11.8. The van der Waals surface area contributed by atoms with Gasteiger partial charge in [-0.2, -0.15) is 0 Å². The van der Waals surface area contributed by atoms with Crippen LogP contribution in [0.15, 0.2) is 59.6 Å². The van der Waals surface area contributed by atoms with Crippen molar-refractivity contribution in [3.8, 4) is 0 Å². The van der Waals surface area contributed by atoms with Crippen LogP contribution in [-0.2, 0) is 4.79 Å². The first-order valence-corrected chi connectivity index (χ1v) is 9.19. The van der Waals surface area contributed by atoms with Crippen LogP contribution in [0.25, 0.3) is 21.5 Å². The van der Waals surface area contributed by atoms with Crippen molar-refractivity contribution in [1.29, 1.82) is 0 Å². The molecule has 4 rings (SSSR count). The van der Waals surface area contributed by atoms with E-state index in [4.69, 9.17) is 0 Å². The summed E-state index contributed by atoms with van der Waals surface area (Å²) in [5.74, 6) is 0.566. The third kappa shape index (κ3) is 2.47. The van der Waals surface area contributed by atoms with Gasteiger partial charge in [0.2, 0.25) is 5.91 Å². The second-order valence-corrected chi connectivity index (χ2v) is 6.79. The van der Waals surface area contributed by atoms with Crippen molar-refractivity contribution in [3.63, 3.8) is 0 Å². The third-order valence-corrected chi connectivity index (χ3v) is 5.16. The van der Waals surface area contributed by atoms with E-state index < -0.39 is 0 Å². The molecular weight excluding hydrogens is 316 g/mol. The highest BCUT2D eigenvalue weighted by Crippen LogP contribution is 2.39. The average Bonchev–Trinajstić information content (AvgIpc) is 2.98. The number of carbonyl (C=O) groups is 1. The number of hydrogen-bond donors (Lipinski definition) is 0. The molecule has 1 heterocycles. The van der Waals surface area contributed by atoms with Crippen molar-refractivity contribution in [2.45, 2.75) is 13.3 Å². The molecule has 1 saturated heterocycles. The Bertz CT molecular complexity index is 910. The third-order valence-electron chi connectivity index (χ3n) is 4.20. The molecule has 3 aromatic carbocycles. The summed E-state index contributed by atoms with van der Waals surface area (Å²) in [5.41, 5.74) is 0.966. The van der Waals surface area contributed by atoms with E-state index in [-0.39, 0.29) is 5.91 Å². The highest BCUT2D eigenvalue weighted by molar-refractivity contribution is 8.15. The number of fused-ring (bicyclic) bond motifs is 2. The summed E-state index contributed by atoms with van der Waals surface area (Å²) < 4.78 is 0. The van der Waals surface area contributed by atoms with E-state index in [9.17, 15) is 4.79 Å².